The monoisotopic (exact) mass is 256 g/mol. The highest BCUT2D eigenvalue weighted by atomic mass is 16.7. The van der Waals surface area contributed by atoms with Crippen LogP contribution in [0.4, 0.5) is 0 Å². The SMILES string of the molecule is C=CCB1OC(C)(C)C(C)(C)O1.C=CCO.CC. The molecule has 0 aromatic carbocycles. The standard InChI is InChI=1S/C9H17BO2.C3H6O.C2H6/c1-6-7-10-11-8(2,3)9(4,5)12-10;1-2-3-4;1-2/h6H,1,7H2,2-5H3;2,4H,1,3H2;1-2H3. The molecule has 1 aliphatic rings. The first-order valence-electron chi connectivity index (χ1n) is 6.49. The minimum atomic E-state index is -0.208. The average molecular weight is 256 g/mol. The van der Waals surface area contributed by atoms with Crippen LogP contribution in [0.5, 0.6) is 0 Å². The largest absolute Gasteiger partial charge is 0.461 e. The normalized spacial score (nSPS) is 18.9. The van der Waals surface area contributed by atoms with E-state index in [0.717, 1.165) is 6.32 Å². The first-order chi connectivity index (χ1) is 8.30. The highest BCUT2D eigenvalue weighted by molar-refractivity contribution is 6.46. The maximum Gasteiger partial charge on any atom is 0.461 e. The smallest absolute Gasteiger partial charge is 0.403 e. The second-order valence-corrected chi connectivity index (χ2v) is 4.68. The summed E-state index contributed by atoms with van der Waals surface area (Å²) in [7, 11) is -0.118. The molecule has 0 unspecified atom stereocenters. The summed E-state index contributed by atoms with van der Waals surface area (Å²) in [6, 6.07) is 0. The van der Waals surface area contributed by atoms with Gasteiger partial charge < -0.3 is 14.4 Å². The van der Waals surface area contributed by atoms with E-state index in [9.17, 15) is 0 Å². The maximum atomic E-state index is 7.76. The van der Waals surface area contributed by atoms with Crippen molar-refractivity contribution in [3.05, 3.63) is 25.3 Å². The van der Waals surface area contributed by atoms with Gasteiger partial charge in [-0.1, -0.05) is 26.0 Å². The Labute approximate surface area is 113 Å². The van der Waals surface area contributed by atoms with E-state index in [1.54, 1.807) is 0 Å². The molecule has 0 saturated carbocycles. The van der Waals surface area contributed by atoms with E-state index < -0.39 is 0 Å². The summed E-state index contributed by atoms with van der Waals surface area (Å²) >= 11 is 0. The summed E-state index contributed by atoms with van der Waals surface area (Å²) in [5.41, 5.74) is -0.415. The van der Waals surface area contributed by atoms with Crippen molar-refractivity contribution in [1.82, 2.24) is 0 Å². The van der Waals surface area contributed by atoms with Crippen LogP contribution in [0.15, 0.2) is 25.3 Å². The molecule has 1 aliphatic heterocycles. The lowest BCUT2D eigenvalue weighted by Crippen LogP contribution is -2.41. The van der Waals surface area contributed by atoms with E-state index in [1.807, 2.05) is 19.9 Å². The van der Waals surface area contributed by atoms with Crippen molar-refractivity contribution in [3.8, 4) is 0 Å². The molecule has 0 radical (unpaired) electrons. The minimum absolute atomic E-state index is 0.0833. The topological polar surface area (TPSA) is 38.7 Å². The van der Waals surface area contributed by atoms with Crippen LogP contribution >= 0.6 is 0 Å². The molecule has 4 heteroatoms. The van der Waals surface area contributed by atoms with E-state index in [4.69, 9.17) is 14.4 Å². The van der Waals surface area contributed by atoms with Crippen molar-refractivity contribution >= 4 is 7.12 Å². The molecule has 0 spiro atoms. The third-order valence-electron chi connectivity index (χ3n) is 2.79. The van der Waals surface area contributed by atoms with Gasteiger partial charge in [0.15, 0.2) is 0 Å². The number of hydrogen-bond donors (Lipinski definition) is 1. The third kappa shape index (κ3) is 6.38. The zero-order valence-electron chi connectivity index (χ0n) is 12.8. The molecule has 3 nitrogen and oxygen atoms in total. The zero-order valence-corrected chi connectivity index (χ0v) is 12.8. The molecule has 18 heavy (non-hydrogen) atoms. The van der Waals surface area contributed by atoms with Gasteiger partial charge in [0.25, 0.3) is 0 Å². The fraction of sp³-hybridized carbons (Fsp3) is 0.714. The van der Waals surface area contributed by atoms with Gasteiger partial charge in [0.1, 0.15) is 0 Å². The minimum Gasteiger partial charge on any atom is -0.403 e. The van der Waals surface area contributed by atoms with Crippen LogP contribution in [0.25, 0.3) is 0 Å². The maximum absolute atomic E-state index is 7.76. The van der Waals surface area contributed by atoms with Gasteiger partial charge >= 0.3 is 7.12 Å². The van der Waals surface area contributed by atoms with Gasteiger partial charge in [-0.25, -0.2) is 0 Å². The summed E-state index contributed by atoms with van der Waals surface area (Å²) in [6.07, 6.45) is 4.01. The van der Waals surface area contributed by atoms with Gasteiger partial charge in [0.05, 0.1) is 17.8 Å². The first-order valence-corrected chi connectivity index (χ1v) is 6.49. The predicted octanol–water partition coefficient (Wildman–Crippen LogP) is 3.46. The predicted molar refractivity (Wildman–Crippen MR) is 79.7 cm³/mol. The number of aliphatic hydroxyl groups excluding tert-OH is 1. The Bertz CT molecular complexity index is 221. The Kier molecular flexibility index (Phi) is 10.3. The second kappa shape index (κ2) is 9.37. The molecule has 0 bridgehead atoms. The van der Waals surface area contributed by atoms with Crippen LogP contribution in [0, 0.1) is 0 Å². The highest BCUT2D eigenvalue weighted by Crippen LogP contribution is 2.37. The van der Waals surface area contributed by atoms with Gasteiger partial charge in [0.2, 0.25) is 0 Å². The van der Waals surface area contributed by atoms with Crippen molar-refractivity contribution in [1.29, 1.82) is 0 Å². The van der Waals surface area contributed by atoms with Crippen LogP contribution in [0.3, 0.4) is 0 Å². The molecule has 1 rings (SSSR count). The lowest BCUT2D eigenvalue weighted by atomic mass is 9.85. The Balaban J connectivity index is 0. The lowest BCUT2D eigenvalue weighted by molar-refractivity contribution is 0.00578. The third-order valence-corrected chi connectivity index (χ3v) is 2.79. The van der Waals surface area contributed by atoms with Crippen molar-refractivity contribution in [2.24, 2.45) is 0 Å². The average Bonchev–Trinajstić information content (AvgIpc) is 2.51. The van der Waals surface area contributed by atoms with Gasteiger partial charge in [-0.15, -0.1) is 13.2 Å². The summed E-state index contributed by atoms with van der Waals surface area (Å²) in [4.78, 5) is 0. The van der Waals surface area contributed by atoms with Crippen molar-refractivity contribution in [3.63, 3.8) is 0 Å². The molecular weight excluding hydrogens is 227 g/mol. The van der Waals surface area contributed by atoms with Crippen molar-refractivity contribution < 1.29 is 14.4 Å². The molecular formula is C14H29BO3. The molecule has 0 aromatic rings. The highest BCUT2D eigenvalue weighted by Gasteiger charge is 2.50. The van der Waals surface area contributed by atoms with E-state index >= 15 is 0 Å². The fourth-order valence-electron chi connectivity index (χ4n) is 1.20. The van der Waals surface area contributed by atoms with Crippen LogP contribution in [0.2, 0.25) is 6.32 Å². The molecule has 106 valence electrons. The molecule has 1 fully saturated rings. The molecule has 0 aromatic heterocycles. The fourth-order valence-corrected chi connectivity index (χ4v) is 1.20. The second-order valence-electron chi connectivity index (χ2n) is 4.68. The van der Waals surface area contributed by atoms with Crippen molar-refractivity contribution in [2.45, 2.75) is 59.1 Å². The van der Waals surface area contributed by atoms with Crippen LogP contribution < -0.4 is 0 Å². The number of allylic oxidation sites excluding steroid dienone is 1. The Morgan fingerprint density at radius 2 is 1.33 bits per heavy atom. The van der Waals surface area contributed by atoms with Crippen LogP contribution in [-0.4, -0.2) is 30.0 Å². The molecule has 1 saturated heterocycles. The summed E-state index contributed by atoms with van der Waals surface area (Å²) < 4.78 is 11.4. The molecule has 0 amide bonds. The van der Waals surface area contributed by atoms with Gasteiger partial charge in [-0.2, -0.15) is 0 Å². The van der Waals surface area contributed by atoms with E-state index in [2.05, 4.69) is 40.9 Å². The summed E-state index contributed by atoms with van der Waals surface area (Å²) in [5, 5.41) is 7.76. The zero-order chi connectivity index (χ0) is 14.8. The molecule has 0 aliphatic carbocycles. The van der Waals surface area contributed by atoms with Crippen LogP contribution in [0.1, 0.15) is 41.5 Å². The van der Waals surface area contributed by atoms with Crippen LogP contribution in [-0.2, 0) is 9.31 Å². The summed E-state index contributed by atoms with van der Waals surface area (Å²) in [6.45, 7) is 19.2. The Hall–Kier alpha value is -0.575. The van der Waals surface area contributed by atoms with Gasteiger partial charge in [0, 0.05) is 6.32 Å². The Morgan fingerprint density at radius 1 is 1.00 bits per heavy atom. The molecule has 1 N–H and O–H groups in total. The number of rotatable bonds is 3. The molecule has 1 heterocycles. The van der Waals surface area contributed by atoms with Crippen molar-refractivity contribution in [2.75, 3.05) is 6.61 Å². The summed E-state index contributed by atoms with van der Waals surface area (Å²) in [5.74, 6) is 0. The first kappa shape index (κ1) is 19.8. The molecule has 0 atom stereocenters. The van der Waals surface area contributed by atoms with Gasteiger partial charge in [-0.3, -0.25) is 0 Å². The Morgan fingerprint density at radius 3 is 1.56 bits per heavy atom. The number of hydrogen-bond acceptors (Lipinski definition) is 3. The number of aliphatic hydroxyl groups is 1. The quantitative estimate of drug-likeness (QED) is 0.620. The lowest BCUT2D eigenvalue weighted by Gasteiger charge is -2.32. The van der Waals surface area contributed by atoms with E-state index in [-0.39, 0.29) is 24.9 Å². The van der Waals surface area contributed by atoms with Gasteiger partial charge in [-0.05, 0) is 27.7 Å². The van der Waals surface area contributed by atoms with E-state index in [1.165, 1.54) is 6.08 Å². The van der Waals surface area contributed by atoms with E-state index in [0.29, 0.717) is 0 Å².